The van der Waals surface area contributed by atoms with Gasteiger partial charge in [-0.25, -0.2) is 4.79 Å². The van der Waals surface area contributed by atoms with Crippen LogP contribution in [0.2, 0.25) is 0 Å². The van der Waals surface area contributed by atoms with Crippen molar-refractivity contribution in [2.45, 2.75) is 52.2 Å². The molecule has 34 heavy (non-hydrogen) atoms. The fourth-order valence-electron chi connectivity index (χ4n) is 4.14. The van der Waals surface area contributed by atoms with Crippen molar-refractivity contribution in [2.24, 2.45) is 11.8 Å². The third-order valence-corrected chi connectivity index (χ3v) is 6.45. The number of nitrogens with zero attached hydrogens (tertiary/aromatic N) is 2. The number of ether oxygens (including phenoxy) is 2. The molecule has 0 spiro atoms. The van der Waals surface area contributed by atoms with Crippen molar-refractivity contribution in [2.75, 3.05) is 45.7 Å². The number of carbonyl (C=O) groups excluding carboxylic acids is 3. The van der Waals surface area contributed by atoms with Crippen molar-refractivity contribution in [3.05, 3.63) is 23.8 Å². The summed E-state index contributed by atoms with van der Waals surface area (Å²) >= 11 is 0. The van der Waals surface area contributed by atoms with Crippen LogP contribution in [0.1, 0.15) is 50.4 Å². The molecule has 0 unspecified atom stereocenters. The van der Waals surface area contributed by atoms with Crippen LogP contribution in [-0.2, 0) is 9.53 Å². The molecule has 1 aliphatic carbocycles. The van der Waals surface area contributed by atoms with Crippen LogP contribution in [0.15, 0.2) is 18.2 Å². The molecule has 1 heterocycles. The smallest absolute Gasteiger partial charge is 0.319 e. The number of rotatable bonds is 5. The van der Waals surface area contributed by atoms with Gasteiger partial charge in [-0.15, -0.1) is 0 Å². The van der Waals surface area contributed by atoms with Gasteiger partial charge in [0.2, 0.25) is 5.91 Å². The van der Waals surface area contributed by atoms with Gasteiger partial charge in [0.05, 0.1) is 17.7 Å². The predicted octanol–water partition coefficient (Wildman–Crippen LogP) is 2.96. The predicted molar refractivity (Wildman–Crippen MR) is 130 cm³/mol. The summed E-state index contributed by atoms with van der Waals surface area (Å²) < 4.78 is 11.8. The van der Waals surface area contributed by atoms with Crippen LogP contribution in [-0.4, -0.2) is 80.2 Å². The molecular weight excluding hydrogens is 436 g/mol. The minimum atomic E-state index is -0.326. The molecule has 0 aromatic heterocycles. The Morgan fingerprint density at radius 2 is 1.94 bits per heavy atom. The molecule has 1 aliphatic heterocycles. The van der Waals surface area contributed by atoms with E-state index in [4.69, 9.17) is 9.47 Å². The topological polar surface area (TPSA) is 100 Å². The number of urea groups is 1. The molecule has 3 rings (SSSR count). The number of carbonyl (C=O) groups is 3. The lowest BCUT2D eigenvalue weighted by atomic mass is 10.0. The molecule has 2 N–H and O–H groups in total. The first-order valence-electron chi connectivity index (χ1n) is 12.2. The van der Waals surface area contributed by atoms with Crippen molar-refractivity contribution in [3.63, 3.8) is 0 Å². The van der Waals surface area contributed by atoms with Crippen molar-refractivity contribution < 1.29 is 23.9 Å². The Morgan fingerprint density at radius 1 is 1.21 bits per heavy atom. The maximum atomic E-state index is 13.4. The third-order valence-electron chi connectivity index (χ3n) is 6.45. The minimum Gasteiger partial charge on any atom is -0.491 e. The normalized spacial score (nSPS) is 23.8. The van der Waals surface area contributed by atoms with E-state index in [9.17, 15) is 14.4 Å². The standard InChI is InChI=1S/C25H38N4O5/c1-6-11-26-25(32)27-19-9-10-21-20(12-19)24(31)28(4)14-22(33-5)16(2)13-29(17(3)15-34-21)23(30)18-7-8-18/h9-10,12,16-18,22H,6-8,11,13-15H2,1-5H3,(H2,26,27,32)/t16-,17+,22-/m0/s1. The van der Waals surface area contributed by atoms with Crippen LogP contribution in [0.4, 0.5) is 10.5 Å². The number of fused-ring (bicyclic) bond motifs is 1. The second kappa shape index (κ2) is 11.6. The SMILES string of the molecule is CCCNC(=O)Nc1ccc2c(c1)C(=O)N(C)C[C@H](OC)[C@@H](C)CN(C(=O)C1CC1)[C@H](C)CO2. The second-order valence-corrected chi connectivity index (χ2v) is 9.45. The molecule has 1 saturated carbocycles. The largest absolute Gasteiger partial charge is 0.491 e. The fourth-order valence-corrected chi connectivity index (χ4v) is 4.14. The van der Waals surface area contributed by atoms with E-state index < -0.39 is 0 Å². The van der Waals surface area contributed by atoms with Crippen LogP contribution in [0.3, 0.4) is 0 Å². The van der Waals surface area contributed by atoms with Crippen LogP contribution in [0.25, 0.3) is 0 Å². The fraction of sp³-hybridized carbons (Fsp3) is 0.640. The van der Waals surface area contributed by atoms with Crippen LogP contribution >= 0.6 is 0 Å². The van der Waals surface area contributed by atoms with Crippen molar-refractivity contribution in [3.8, 4) is 5.75 Å². The Labute approximate surface area is 202 Å². The summed E-state index contributed by atoms with van der Waals surface area (Å²) in [7, 11) is 3.36. The summed E-state index contributed by atoms with van der Waals surface area (Å²) in [6, 6.07) is 4.55. The van der Waals surface area contributed by atoms with E-state index in [1.165, 1.54) is 0 Å². The molecule has 1 fully saturated rings. The van der Waals surface area contributed by atoms with Gasteiger partial charge in [0.25, 0.3) is 5.91 Å². The third kappa shape index (κ3) is 6.40. The molecule has 1 aromatic carbocycles. The highest BCUT2D eigenvalue weighted by Crippen LogP contribution is 2.33. The van der Waals surface area contributed by atoms with Gasteiger partial charge >= 0.3 is 6.03 Å². The van der Waals surface area contributed by atoms with Crippen LogP contribution < -0.4 is 15.4 Å². The molecule has 9 nitrogen and oxygen atoms in total. The lowest BCUT2D eigenvalue weighted by Crippen LogP contribution is -2.49. The van der Waals surface area contributed by atoms with E-state index in [0.29, 0.717) is 36.6 Å². The molecule has 0 radical (unpaired) electrons. The zero-order chi connectivity index (χ0) is 24.8. The van der Waals surface area contributed by atoms with Gasteiger partial charge in [-0.2, -0.15) is 0 Å². The molecule has 1 aromatic rings. The van der Waals surface area contributed by atoms with Gasteiger partial charge in [0.1, 0.15) is 12.4 Å². The molecular formula is C25H38N4O5. The van der Waals surface area contributed by atoms with E-state index in [0.717, 1.165) is 19.3 Å². The first-order chi connectivity index (χ1) is 16.2. The Kier molecular flexibility index (Phi) is 8.77. The highest BCUT2D eigenvalue weighted by atomic mass is 16.5. The number of benzene rings is 1. The van der Waals surface area contributed by atoms with Gasteiger partial charge in [-0.3, -0.25) is 9.59 Å². The first kappa shape index (κ1) is 25.8. The van der Waals surface area contributed by atoms with Gasteiger partial charge in [0, 0.05) is 51.3 Å². The van der Waals surface area contributed by atoms with Gasteiger partial charge in [-0.05, 0) is 44.4 Å². The second-order valence-electron chi connectivity index (χ2n) is 9.45. The quantitative estimate of drug-likeness (QED) is 0.684. The highest BCUT2D eigenvalue weighted by Gasteiger charge is 2.37. The number of hydrogen-bond acceptors (Lipinski definition) is 5. The number of methoxy groups -OCH3 is 1. The van der Waals surface area contributed by atoms with E-state index in [2.05, 4.69) is 10.6 Å². The Balaban J connectivity index is 1.90. The van der Waals surface area contributed by atoms with Crippen molar-refractivity contribution in [1.29, 1.82) is 0 Å². The number of anilines is 1. The number of hydrogen-bond donors (Lipinski definition) is 2. The van der Waals surface area contributed by atoms with Gasteiger partial charge < -0.3 is 29.9 Å². The van der Waals surface area contributed by atoms with Crippen LogP contribution in [0.5, 0.6) is 5.75 Å². The minimum absolute atomic E-state index is 0.0274. The summed E-state index contributed by atoms with van der Waals surface area (Å²) in [5.41, 5.74) is 0.853. The van der Waals surface area contributed by atoms with E-state index >= 15 is 0 Å². The summed E-state index contributed by atoms with van der Waals surface area (Å²) in [6.07, 6.45) is 2.46. The molecule has 2 aliphatic rings. The summed E-state index contributed by atoms with van der Waals surface area (Å²) in [5.74, 6) is 0.495. The van der Waals surface area contributed by atoms with E-state index in [1.54, 1.807) is 37.3 Å². The number of nitrogens with one attached hydrogen (secondary N) is 2. The average molecular weight is 475 g/mol. The molecule has 9 heteroatoms. The summed E-state index contributed by atoms with van der Waals surface area (Å²) in [4.78, 5) is 42.0. The monoisotopic (exact) mass is 474 g/mol. The maximum absolute atomic E-state index is 13.4. The van der Waals surface area contributed by atoms with Crippen molar-refractivity contribution >= 4 is 23.5 Å². The Morgan fingerprint density at radius 3 is 2.59 bits per heavy atom. The van der Waals surface area contributed by atoms with Crippen molar-refractivity contribution in [1.82, 2.24) is 15.1 Å². The summed E-state index contributed by atoms with van der Waals surface area (Å²) in [6.45, 7) is 7.73. The number of amides is 4. The lowest BCUT2D eigenvalue weighted by Gasteiger charge is -2.36. The molecule has 188 valence electrons. The van der Waals surface area contributed by atoms with E-state index in [1.807, 2.05) is 25.7 Å². The molecule has 0 saturated heterocycles. The Hall–Kier alpha value is -2.81. The first-order valence-corrected chi connectivity index (χ1v) is 12.2. The maximum Gasteiger partial charge on any atom is 0.319 e. The van der Waals surface area contributed by atoms with E-state index in [-0.39, 0.29) is 48.4 Å². The Bertz CT molecular complexity index is 888. The zero-order valence-electron chi connectivity index (χ0n) is 20.9. The number of likely N-dealkylation sites (N-methyl/N-ethyl adjacent to an activating group) is 1. The average Bonchev–Trinajstić information content (AvgIpc) is 3.67. The lowest BCUT2D eigenvalue weighted by molar-refractivity contribution is -0.136. The zero-order valence-corrected chi connectivity index (χ0v) is 20.9. The summed E-state index contributed by atoms with van der Waals surface area (Å²) in [5, 5.41) is 5.53. The molecule has 0 bridgehead atoms. The molecule has 3 atom stereocenters. The molecule has 4 amide bonds. The van der Waals surface area contributed by atoms with Gasteiger partial charge in [0.15, 0.2) is 0 Å². The van der Waals surface area contributed by atoms with Crippen LogP contribution in [0, 0.1) is 11.8 Å². The highest BCUT2D eigenvalue weighted by molar-refractivity contribution is 5.99. The van der Waals surface area contributed by atoms with Gasteiger partial charge in [-0.1, -0.05) is 13.8 Å².